The summed E-state index contributed by atoms with van der Waals surface area (Å²) in [6.07, 6.45) is 0.357. The highest BCUT2D eigenvalue weighted by Gasteiger charge is 2.20. The maximum absolute atomic E-state index is 12.0. The highest BCUT2D eigenvalue weighted by atomic mass is 16.1. The molecule has 0 bridgehead atoms. The van der Waals surface area contributed by atoms with Crippen LogP contribution in [0.15, 0.2) is 54.6 Å². The van der Waals surface area contributed by atoms with Gasteiger partial charge in [0.1, 0.15) is 0 Å². The highest BCUT2D eigenvalue weighted by molar-refractivity contribution is 5.79. The monoisotopic (exact) mass is 282 g/mol. The smallest absolute Gasteiger partial charge is 0.224 e. The molecule has 0 aliphatic heterocycles. The maximum Gasteiger partial charge on any atom is 0.224 e. The average Bonchev–Trinajstić information content (AvgIpc) is 2.46. The lowest BCUT2D eigenvalue weighted by Crippen LogP contribution is -2.37. The molecule has 3 N–H and O–H groups in total. The molecule has 2 aromatic carbocycles. The maximum atomic E-state index is 12.0. The SMILES string of the molecule is CC(C)(CNC(=O)Cc1cccc(N)c1)c1ccccc1. The molecule has 3 nitrogen and oxygen atoms in total. The summed E-state index contributed by atoms with van der Waals surface area (Å²) in [4.78, 5) is 12.0. The molecule has 2 aromatic rings. The Hall–Kier alpha value is -2.29. The molecule has 0 saturated heterocycles. The number of nitrogen functional groups attached to an aromatic ring is 1. The van der Waals surface area contributed by atoms with E-state index in [9.17, 15) is 4.79 Å². The average molecular weight is 282 g/mol. The van der Waals surface area contributed by atoms with Crippen LogP contribution in [0.4, 0.5) is 5.69 Å². The molecule has 2 rings (SSSR count). The molecule has 0 unspecified atom stereocenters. The molecule has 0 radical (unpaired) electrons. The van der Waals surface area contributed by atoms with Gasteiger partial charge in [-0.25, -0.2) is 0 Å². The molecular formula is C18H22N2O. The van der Waals surface area contributed by atoms with Crippen LogP contribution in [-0.2, 0) is 16.6 Å². The minimum atomic E-state index is -0.0906. The van der Waals surface area contributed by atoms with E-state index in [0.29, 0.717) is 18.7 Å². The van der Waals surface area contributed by atoms with Crippen LogP contribution in [0.2, 0.25) is 0 Å². The molecule has 0 aromatic heterocycles. The lowest BCUT2D eigenvalue weighted by atomic mass is 9.84. The van der Waals surface area contributed by atoms with E-state index in [-0.39, 0.29) is 11.3 Å². The predicted molar refractivity (Wildman–Crippen MR) is 87.0 cm³/mol. The second kappa shape index (κ2) is 6.44. The van der Waals surface area contributed by atoms with Gasteiger partial charge < -0.3 is 11.1 Å². The van der Waals surface area contributed by atoms with Gasteiger partial charge in [0.05, 0.1) is 6.42 Å². The fourth-order valence-electron chi connectivity index (χ4n) is 2.26. The lowest BCUT2D eigenvalue weighted by molar-refractivity contribution is -0.120. The topological polar surface area (TPSA) is 55.1 Å². The van der Waals surface area contributed by atoms with Crippen LogP contribution in [-0.4, -0.2) is 12.5 Å². The Bertz CT molecular complexity index is 606. The Morgan fingerprint density at radius 1 is 1.10 bits per heavy atom. The van der Waals surface area contributed by atoms with Crippen LogP contribution in [0.25, 0.3) is 0 Å². The molecule has 0 aliphatic carbocycles. The first-order valence-corrected chi connectivity index (χ1v) is 7.14. The Kier molecular flexibility index (Phi) is 4.63. The molecular weight excluding hydrogens is 260 g/mol. The van der Waals surface area contributed by atoms with E-state index in [1.807, 2.05) is 42.5 Å². The van der Waals surface area contributed by atoms with Gasteiger partial charge in [-0.3, -0.25) is 4.79 Å². The van der Waals surface area contributed by atoms with Crippen molar-refractivity contribution in [2.45, 2.75) is 25.7 Å². The Balaban J connectivity index is 1.92. The molecule has 21 heavy (non-hydrogen) atoms. The van der Waals surface area contributed by atoms with Gasteiger partial charge in [0.15, 0.2) is 0 Å². The quantitative estimate of drug-likeness (QED) is 0.828. The minimum Gasteiger partial charge on any atom is -0.399 e. The number of carbonyl (C=O) groups is 1. The van der Waals surface area contributed by atoms with E-state index in [2.05, 4.69) is 31.3 Å². The summed E-state index contributed by atoms with van der Waals surface area (Å²) in [7, 11) is 0. The highest BCUT2D eigenvalue weighted by Crippen LogP contribution is 2.21. The Labute approximate surface area is 126 Å². The van der Waals surface area contributed by atoms with Crippen LogP contribution in [0, 0.1) is 0 Å². The van der Waals surface area contributed by atoms with Gasteiger partial charge in [-0.1, -0.05) is 56.3 Å². The van der Waals surface area contributed by atoms with E-state index >= 15 is 0 Å². The number of anilines is 1. The van der Waals surface area contributed by atoms with E-state index in [1.165, 1.54) is 5.56 Å². The van der Waals surface area contributed by atoms with Gasteiger partial charge in [-0.2, -0.15) is 0 Å². The second-order valence-electron chi connectivity index (χ2n) is 5.95. The van der Waals surface area contributed by atoms with E-state index in [4.69, 9.17) is 5.73 Å². The fraction of sp³-hybridized carbons (Fsp3) is 0.278. The van der Waals surface area contributed by atoms with Crippen molar-refractivity contribution in [2.24, 2.45) is 0 Å². The van der Waals surface area contributed by atoms with Crippen LogP contribution < -0.4 is 11.1 Å². The van der Waals surface area contributed by atoms with Crippen LogP contribution in [0.1, 0.15) is 25.0 Å². The summed E-state index contributed by atoms with van der Waals surface area (Å²) in [6, 6.07) is 17.6. The first-order chi connectivity index (χ1) is 9.97. The van der Waals surface area contributed by atoms with Crippen molar-refractivity contribution in [1.29, 1.82) is 0 Å². The number of nitrogens with two attached hydrogens (primary N) is 1. The number of hydrogen-bond acceptors (Lipinski definition) is 2. The number of rotatable bonds is 5. The van der Waals surface area contributed by atoms with Gasteiger partial charge in [0.2, 0.25) is 5.91 Å². The lowest BCUT2D eigenvalue weighted by Gasteiger charge is -2.25. The van der Waals surface area contributed by atoms with E-state index in [0.717, 1.165) is 5.56 Å². The van der Waals surface area contributed by atoms with Crippen molar-refractivity contribution in [3.05, 3.63) is 65.7 Å². The van der Waals surface area contributed by atoms with Gasteiger partial charge in [-0.05, 0) is 23.3 Å². The number of benzene rings is 2. The summed E-state index contributed by atoms with van der Waals surface area (Å²) in [5.41, 5.74) is 8.47. The summed E-state index contributed by atoms with van der Waals surface area (Å²) < 4.78 is 0. The standard InChI is InChI=1S/C18H22N2O/c1-18(2,15-8-4-3-5-9-15)13-20-17(21)12-14-7-6-10-16(19)11-14/h3-11H,12-13,19H2,1-2H3,(H,20,21). The number of nitrogens with one attached hydrogen (secondary N) is 1. The summed E-state index contributed by atoms with van der Waals surface area (Å²) in [5, 5.41) is 3.01. The third-order valence-corrected chi connectivity index (χ3v) is 3.60. The molecule has 110 valence electrons. The largest absolute Gasteiger partial charge is 0.399 e. The van der Waals surface area contributed by atoms with Crippen molar-refractivity contribution in [3.63, 3.8) is 0 Å². The fourth-order valence-corrected chi connectivity index (χ4v) is 2.26. The van der Waals surface area contributed by atoms with Gasteiger partial charge in [0, 0.05) is 17.6 Å². The van der Waals surface area contributed by atoms with Crippen molar-refractivity contribution >= 4 is 11.6 Å². The van der Waals surface area contributed by atoms with E-state index < -0.39 is 0 Å². The number of amides is 1. The third-order valence-electron chi connectivity index (χ3n) is 3.60. The summed E-state index contributed by atoms with van der Waals surface area (Å²) in [5.74, 6) is 0.0182. The molecule has 0 saturated carbocycles. The van der Waals surface area contributed by atoms with Crippen molar-refractivity contribution in [3.8, 4) is 0 Å². The summed E-state index contributed by atoms with van der Waals surface area (Å²) in [6.45, 7) is 4.87. The van der Waals surface area contributed by atoms with E-state index in [1.54, 1.807) is 0 Å². The van der Waals surface area contributed by atoms with Gasteiger partial charge >= 0.3 is 0 Å². The summed E-state index contributed by atoms with van der Waals surface area (Å²) >= 11 is 0. The van der Waals surface area contributed by atoms with Crippen molar-refractivity contribution in [2.75, 3.05) is 12.3 Å². The second-order valence-corrected chi connectivity index (χ2v) is 5.95. The zero-order chi connectivity index (χ0) is 15.3. The zero-order valence-electron chi connectivity index (χ0n) is 12.6. The zero-order valence-corrected chi connectivity index (χ0v) is 12.6. The molecule has 0 aliphatic rings. The molecule has 0 heterocycles. The molecule has 3 heteroatoms. The Morgan fingerprint density at radius 3 is 2.48 bits per heavy atom. The molecule has 0 atom stereocenters. The van der Waals surface area contributed by atoms with Gasteiger partial charge in [-0.15, -0.1) is 0 Å². The predicted octanol–water partition coefficient (Wildman–Crippen LogP) is 2.91. The number of carbonyl (C=O) groups excluding carboxylic acids is 1. The van der Waals surface area contributed by atoms with Crippen molar-refractivity contribution in [1.82, 2.24) is 5.32 Å². The first kappa shape index (κ1) is 15.1. The molecule has 0 fully saturated rings. The third kappa shape index (κ3) is 4.35. The number of hydrogen-bond donors (Lipinski definition) is 2. The first-order valence-electron chi connectivity index (χ1n) is 7.14. The molecule has 1 amide bonds. The van der Waals surface area contributed by atoms with Crippen LogP contribution >= 0.6 is 0 Å². The van der Waals surface area contributed by atoms with Crippen LogP contribution in [0.3, 0.4) is 0 Å². The van der Waals surface area contributed by atoms with Crippen LogP contribution in [0.5, 0.6) is 0 Å². The molecule has 0 spiro atoms. The minimum absolute atomic E-state index is 0.0182. The normalized spacial score (nSPS) is 11.1. The van der Waals surface area contributed by atoms with Crippen molar-refractivity contribution < 1.29 is 4.79 Å². The van der Waals surface area contributed by atoms with Gasteiger partial charge in [0.25, 0.3) is 0 Å². The Morgan fingerprint density at radius 2 is 1.81 bits per heavy atom.